The minimum atomic E-state index is -1.02. The van der Waals surface area contributed by atoms with Crippen LogP contribution < -0.4 is 19.7 Å². The van der Waals surface area contributed by atoms with E-state index in [1.807, 2.05) is 4.90 Å². The zero-order chi connectivity index (χ0) is 41.9. The molecule has 0 spiro atoms. The molecule has 0 saturated carbocycles. The number of carboxylic acid groups (broad SMARTS) is 1. The quantitative estimate of drug-likeness (QED) is 0.134. The van der Waals surface area contributed by atoms with Crippen LogP contribution in [-0.2, 0) is 25.4 Å². The Morgan fingerprint density at radius 2 is 1.95 bits per heavy atom. The Morgan fingerprint density at radius 3 is 2.73 bits per heavy atom. The van der Waals surface area contributed by atoms with E-state index in [9.17, 15) is 19.1 Å². The van der Waals surface area contributed by atoms with Crippen LogP contribution in [0, 0.1) is 17.6 Å². The van der Waals surface area contributed by atoms with Crippen LogP contribution in [0.15, 0.2) is 30.5 Å². The molecule has 3 atom stereocenters. The van der Waals surface area contributed by atoms with Gasteiger partial charge in [0.05, 0.1) is 24.1 Å². The fourth-order valence-corrected chi connectivity index (χ4v) is 8.45. The smallest absolute Gasteiger partial charge is 0.407 e. The molecule has 0 aliphatic carbocycles. The van der Waals surface area contributed by atoms with E-state index in [4.69, 9.17) is 28.7 Å². The summed E-state index contributed by atoms with van der Waals surface area (Å²) in [6, 6.07) is 5.95. The van der Waals surface area contributed by atoms with Gasteiger partial charge in [0.1, 0.15) is 47.0 Å². The number of ether oxygens (including phenoxy) is 5. The first-order chi connectivity index (χ1) is 28.2. The van der Waals surface area contributed by atoms with E-state index in [1.54, 1.807) is 39.0 Å². The number of carbonyl (C=O) groups excluding carboxylic acids is 1. The first kappa shape index (κ1) is 42.1. The van der Waals surface area contributed by atoms with Crippen LogP contribution in [0.2, 0.25) is 0 Å². The first-order valence-electron chi connectivity index (χ1n) is 20.0. The van der Waals surface area contributed by atoms with Gasteiger partial charge in [-0.3, -0.25) is 14.7 Å². The molecule has 1 unspecified atom stereocenters. The van der Waals surface area contributed by atoms with Gasteiger partial charge in [-0.05, 0) is 87.5 Å². The van der Waals surface area contributed by atoms with Gasteiger partial charge < -0.3 is 39.0 Å². The number of aromatic nitrogens is 3. The molecule has 2 N–H and O–H groups in total. The Hall–Kier alpha value is -5.00. The van der Waals surface area contributed by atoms with Crippen molar-refractivity contribution >= 4 is 39.6 Å². The minimum absolute atomic E-state index is 0.0692. The zero-order valence-electron chi connectivity index (χ0n) is 33.8. The molecule has 2 aromatic heterocycles. The third kappa shape index (κ3) is 9.57. The molecule has 14 nitrogen and oxygen atoms in total. The Morgan fingerprint density at radius 1 is 1.12 bits per heavy atom. The third-order valence-electron chi connectivity index (χ3n) is 11.0. The lowest BCUT2D eigenvalue weighted by Gasteiger charge is -2.31. The molecule has 1 amide bonds. The molecule has 3 saturated heterocycles. The predicted octanol–water partition coefficient (Wildman–Crippen LogP) is 6.45. The van der Waals surface area contributed by atoms with E-state index in [1.165, 1.54) is 19.4 Å². The molecule has 0 bridgehead atoms. The molecule has 4 aromatic rings. The second-order valence-electron chi connectivity index (χ2n) is 16.5. The maximum absolute atomic E-state index is 17.5. The normalized spacial score (nSPS) is 21.1. The van der Waals surface area contributed by atoms with Gasteiger partial charge in [0, 0.05) is 63.8 Å². The number of anilines is 1. The fourth-order valence-electron chi connectivity index (χ4n) is 8.45. The summed E-state index contributed by atoms with van der Waals surface area (Å²) in [4.78, 5) is 42.0. The number of alkyl carbamates (subject to hydrolysis) is 1. The first-order valence-corrected chi connectivity index (χ1v) is 20.0. The third-order valence-corrected chi connectivity index (χ3v) is 11.0. The van der Waals surface area contributed by atoms with Crippen molar-refractivity contribution < 1.29 is 51.6 Å². The number of aryl methyl sites for hydroxylation is 1. The number of hydrogen-bond acceptors (Lipinski definition) is 12. The van der Waals surface area contributed by atoms with Crippen molar-refractivity contribution in [1.82, 2.24) is 25.2 Å². The summed E-state index contributed by atoms with van der Waals surface area (Å²) in [6.07, 6.45) is 1.90. The monoisotopic (exact) mass is 824 g/mol. The number of nitrogens with one attached hydrogen (secondary N) is 1. The average molecular weight is 825 g/mol. The number of rotatable bonds is 14. The largest absolute Gasteiger partial charge is 0.481 e. The fraction of sp³-hybridized carbons (Fsp3) is 0.548. The maximum atomic E-state index is 17.5. The van der Waals surface area contributed by atoms with Crippen LogP contribution in [0.3, 0.4) is 0 Å². The van der Waals surface area contributed by atoms with E-state index < -0.39 is 41.0 Å². The number of benzene rings is 2. The number of methoxy groups -OCH3 is 1. The van der Waals surface area contributed by atoms with Gasteiger partial charge in [-0.2, -0.15) is 9.97 Å². The Balaban J connectivity index is 1.33. The summed E-state index contributed by atoms with van der Waals surface area (Å²) in [5.41, 5.74) is -1.05. The number of hydrogen-bond donors (Lipinski definition) is 2. The number of amides is 1. The standard InChI is InChI=1S/C42H51F3N6O8/c1-41(2,3)59-40(54)47-18-25-20-50(13-14-56-22-25)38-31-19-46-36(35(45)37(31)48-39(49-38)57-23-42-11-6-12-51(42)21-27(43)17-42)30-16-28(58-24-55-4)15-26-9-10-32(44)29(34(26)30)7-5-8-33(52)53/h9-10,15-16,19,25,27H,5-8,11-14,17-18,20-24H2,1-4H3,(H,47,54)(H,52,53)/t25?,27-,42+/m1/s1. The summed E-state index contributed by atoms with van der Waals surface area (Å²) < 4.78 is 76.4. The van der Waals surface area contributed by atoms with E-state index in [-0.39, 0.29) is 78.9 Å². The molecule has 7 rings (SSSR count). The molecular weight excluding hydrogens is 773 g/mol. The number of nitrogens with zero attached hydrogens (tertiary/aromatic N) is 5. The van der Waals surface area contributed by atoms with Gasteiger partial charge in [-0.15, -0.1) is 0 Å². The summed E-state index contributed by atoms with van der Waals surface area (Å²) in [7, 11) is 1.46. The van der Waals surface area contributed by atoms with E-state index in [2.05, 4.69) is 20.2 Å². The molecule has 318 valence electrons. The lowest BCUT2D eigenvalue weighted by Crippen LogP contribution is -2.43. The predicted molar refractivity (Wildman–Crippen MR) is 213 cm³/mol. The number of fused-ring (bicyclic) bond motifs is 3. The van der Waals surface area contributed by atoms with Crippen molar-refractivity contribution in [2.75, 3.05) is 71.3 Å². The van der Waals surface area contributed by atoms with E-state index >= 15 is 8.78 Å². The number of alkyl halides is 1. The van der Waals surface area contributed by atoms with Gasteiger partial charge in [0.2, 0.25) is 0 Å². The van der Waals surface area contributed by atoms with Crippen molar-refractivity contribution in [2.24, 2.45) is 5.92 Å². The molecule has 0 radical (unpaired) electrons. The summed E-state index contributed by atoms with van der Waals surface area (Å²) in [5, 5.41) is 13.3. The van der Waals surface area contributed by atoms with Gasteiger partial charge >= 0.3 is 18.1 Å². The van der Waals surface area contributed by atoms with Gasteiger partial charge in [-0.1, -0.05) is 6.07 Å². The van der Waals surface area contributed by atoms with Gasteiger partial charge in [0.15, 0.2) is 12.6 Å². The molecule has 3 aliphatic rings. The summed E-state index contributed by atoms with van der Waals surface area (Å²) in [5.74, 6) is -1.99. The topological polar surface area (TPSA) is 158 Å². The Kier molecular flexibility index (Phi) is 12.6. The number of halogens is 3. The van der Waals surface area contributed by atoms with E-state index in [0.29, 0.717) is 61.6 Å². The van der Waals surface area contributed by atoms with Crippen molar-refractivity contribution in [3.05, 3.63) is 47.7 Å². The molecule has 2 aromatic carbocycles. The van der Waals surface area contributed by atoms with E-state index in [0.717, 1.165) is 19.4 Å². The second-order valence-corrected chi connectivity index (χ2v) is 16.5. The molecule has 17 heteroatoms. The highest BCUT2D eigenvalue weighted by molar-refractivity contribution is 6.02. The van der Waals surface area contributed by atoms with Crippen molar-refractivity contribution in [2.45, 2.75) is 76.6 Å². The number of aliphatic carboxylic acids is 1. The van der Waals surface area contributed by atoms with Crippen LogP contribution in [0.4, 0.5) is 23.8 Å². The summed E-state index contributed by atoms with van der Waals surface area (Å²) >= 11 is 0. The van der Waals surface area contributed by atoms with Crippen molar-refractivity contribution in [3.8, 4) is 23.0 Å². The average Bonchev–Trinajstić information content (AvgIpc) is 3.60. The molecule has 3 aliphatic heterocycles. The van der Waals surface area contributed by atoms with Crippen LogP contribution in [-0.4, -0.2) is 121 Å². The maximum Gasteiger partial charge on any atom is 0.407 e. The molecule has 5 heterocycles. The number of carboxylic acids is 1. The highest BCUT2D eigenvalue weighted by Gasteiger charge is 2.49. The number of pyridine rings is 1. The highest BCUT2D eigenvalue weighted by Crippen LogP contribution is 2.42. The Bertz CT molecular complexity index is 2190. The lowest BCUT2D eigenvalue weighted by molar-refractivity contribution is -0.137. The van der Waals surface area contributed by atoms with Crippen LogP contribution in [0.5, 0.6) is 11.8 Å². The molecule has 59 heavy (non-hydrogen) atoms. The number of carbonyl (C=O) groups is 2. The van der Waals surface area contributed by atoms with Crippen LogP contribution >= 0.6 is 0 Å². The summed E-state index contributed by atoms with van der Waals surface area (Å²) in [6.45, 7) is 8.00. The highest BCUT2D eigenvalue weighted by atomic mass is 19.1. The molecular formula is C42H51F3N6O8. The zero-order valence-corrected chi connectivity index (χ0v) is 33.8. The van der Waals surface area contributed by atoms with Crippen molar-refractivity contribution in [3.63, 3.8) is 0 Å². The van der Waals surface area contributed by atoms with Crippen LogP contribution in [0.25, 0.3) is 32.9 Å². The van der Waals surface area contributed by atoms with Crippen molar-refractivity contribution in [1.29, 1.82) is 0 Å². The van der Waals surface area contributed by atoms with Gasteiger partial charge in [0.25, 0.3) is 0 Å². The molecule has 3 fully saturated rings. The lowest BCUT2D eigenvalue weighted by atomic mass is 9.93. The Labute approximate surface area is 340 Å². The van der Waals surface area contributed by atoms with Gasteiger partial charge in [-0.25, -0.2) is 18.0 Å². The van der Waals surface area contributed by atoms with Crippen LogP contribution in [0.1, 0.15) is 58.4 Å². The second kappa shape index (κ2) is 17.7. The minimum Gasteiger partial charge on any atom is -0.481 e. The SMILES string of the molecule is COCOc1cc(-c2ncc3c(N4CCOCC(CNC(=O)OC(C)(C)C)C4)nc(OC[C@@]45CCCN4C[C@H](F)C5)nc3c2F)c2c(CCCC(=O)O)c(F)ccc2c1.